The number of aromatic nitrogens is 2. The molecule has 156 valence electrons. The summed E-state index contributed by atoms with van der Waals surface area (Å²) in [6, 6.07) is 4.28. The quantitative estimate of drug-likeness (QED) is 0.560. The summed E-state index contributed by atoms with van der Waals surface area (Å²) in [5.41, 5.74) is 12.1. The molecule has 6 N–H and O–H groups in total. The number of halogens is 1. The first-order valence-electron chi connectivity index (χ1n) is 9.75. The van der Waals surface area contributed by atoms with Crippen LogP contribution >= 0.6 is 0 Å². The van der Waals surface area contributed by atoms with E-state index in [0.717, 1.165) is 31.7 Å². The number of nitrogens with one attached hydrogen (secondary N) is 2. The van der Waals surface area contributed by atoms with Gasteiger partial charge in [-0.3, -0.25) is 4.79 Å². The number of rotatable bonds is 7. The van der Waals surface area contributed by atoms with E-state index in [1.807, 2.05) is 13.8 Å². The Balaban J connectivity index is 1.89. The SMILES string of the molecule is CC(C)Oc1cc(Nc2nc(NC3CCCCC3N)c(F)cc2C(N)=O)ccn1. The molecule has 0 saturated heterocycles. The van der Waals surface area contributed by atoms with Gasteiger partial charge in [0.15, 0.2) is 11.6 Å². The van der Waals surface area contributed by atoms with Crippen molar-refractivity contribution in [3.63, 3.8) is 0 Å². The molecule has 2 unspecified atom stereocenters. The van der Waals surface area contributed by atoms with Crippen molar-refractivity contribution < 1.29 is 13.9 Å². The number of carbonyl (C=O) groups excluding carboxylic acids is 1. The molecule has 1 aliphatic rings. The summed E-state index contributed by atoms with van der Waals surface area (Å²) in [7, 11) is 0. The lowest BCUT2D eigenvalue weighted by atomic mass is 9.91. The highest BCUT2D eigenvalue weighted by Crippen LogP contribution is 2.27. The Kier molecular flexibility index (Phi) is 6.48. The predicted molar refractivity (Wildman–Crippen MR) is 110 cm³/mol. The molecule has 9 heteroatoms. The van der Waals surface area contributed by atoms with Gasteiger partial charge in [0.2, 0.25) is 5.88 Å². The minimum Gasteiger partial charge on any atom is -0.475 e. The molecule has 1 fully saturated rings. The normalized spacial score (nSPS) is 19.1. The number of carbonyl (C=O) groups is 1. The van der Waals surface area contributed by atoms with Gasteiger partial charge >= 0.3 is 0 Å². The summed E-state index contributed by atoms with van der Waals surface area (Å²) < 4.78 is 20.2. The van der Waals surface area contributed by atoms with Crippen LogP contribution in [0.4, 0.5) is 21.7 Å². The highest BCUT2D eigenvalue weighted by atomic mass is 19.1. The predicted octanol–water partition coefficient (Wildman–Crippen LogP) is 2.93. The number of hydrogen-bond donors (Lipinski definition) is 4. The van der Waals surface area contributed by atoms with Crippen LogP contribution < -0.4 is 26.8 Å². The Hall–Kier alpha value is -2.94. The summed E-state index contributed by atoms with van der Waals surface area (Å²) in [5, 5.41) is 6.10. The van der Waals surface area contributed by atoms with Crippen LogP contribution in [0, 0.1) is 5.82 Å². The van der Waals surface area contributed by atoms with Crippen molar-refractivity contribution in [1.29, 1.82) is 0 Å². The molecule has 1 amide bonds. The molecule has 1 aliphatic carbocycles. The minimum atomic E-state index is -0.785. The summed E-state index contributed by atoms with van der Waals surface area (Å²) in [6.07, 6.45) is 5.31. The molecule has 8 nitrogen and oxygen atoms in total. The molecule has 0 bridgehead atoms. The lowest BCUT2D eigenvalue weighted by Gasteiger charge is -2.30. The zero-order valence-corrected chi connectivity index (χ0v) is 16.6. The molecule has 29 heavy (non-hydrogen) atoms. The highest BCUT2D eigenvalue weighted by Gasteiger charge is 2.24. The molecule has 1 saturated carbocycles. The van der Waals surface area contributed by atoms with E-state index in [0.29, 0.717) is 11.6 Å². The molecular formula is C20H27FN6O2. The maximum atomic E-state index is 14.6. The average Bonchev–Trinajstić information content (AvgIpc) is 2.65. The highest BCUT2D eigenvalue weighted by molar-refractivity contribution is 5.98. The van der Waals surface area contributed by atoms with Crippen LogP contribution in [-0.2, 0) is 0 Å². The van der Waals surface area contributed by atoms with Crippen molar-refractivity contribution in [1.82, 2.24) is 9.97 Å². The molecule has 2 atom stereocenters. The standard InChI is InChI=1S/C20H27FN6O2/c1-11(2)29-17-9-12(7-8-24-17)25-19-13(18(23)28)10-14(21)20(27-19)26-16-6-4-3-5-15(16)22/h7-11,15-16H,3-6,22H2,1-2H3,(H2,23,28)(H2,24,25,26,27). The summed E-state index contributed by atoms with van der Waals surface area (Å²) >= 11 is 0. The van der Waals surface area contributed by atoms with Crippen molar-refractivity contribution in [2.24, 2.45) is 11.5 Å². The first-order valence-corrected chi connectivity index (χ1v) is 9.75. The zero-order valence-electron chi connectivity index (χ0n) is 16.6. The monoisotopic (exact) mass is 402 g/mol. The van der Waals surface area contributed by atoms with Crippen LogP contribution in [0.15, 0.2) is 24.4 Å². The van der Waals surface area contributed by atoms with Gasteiger partial charge in [-0.2, -0.15) is 0 Å². The smallest absolute Gasteiger partial charge is 0.252 e. The molecule has 0 radical (unpaired) electrons. The van der Waals surface area contributed by atoms with Crippen LogP contribution in [0.3, 0.4) is 0 Å². The third kappa shape index (κ3) is 5.32. The molecule has 2 heterocycles. The molecule has 0 aliphatic heterocycles. The maximum Gasteiger partial charge on any atom is 0.252 e. The third-order valence-corrected chi connectivity index (χ3v) is 4.74. The Labute approximate surface area is 169 Å². The van der Waals surface area contributed by atoms with Crippen molar-refractivity contribution in [3.8, 4) is 5.88 Å². The average molecular weight is 402 g/mol. The van der Waals surface area contributed by atoms with Gasteiger partial charge in [0, 0.05) is 30.0 Å². The van der Waals surface area contributed by atoms with Gasteiger partial charge in [0.25, 0.3) is 5.91 Å². The Morgan fingerprint density at radius 3 is 2.72 bits per heavy atom. The third-order valence-electron chi connectivity index (χ3n) is 4.74. The van der Waals surface area contributed by atoms with Crippen LogP contribution in [0.5, 0.6) is 5.88 Å². The Morgan fingerprint density at radius 2 is 2.03 bits per heavy atom. The fraction of sp³-hybridized carbons (Fsp3) is 0.450. The maximum absolute atomic E-state index is 14.6. The minimum absolute atomic E-state index is 0.0348. The number of ether oxygens (including phenoxy) is 1. The van der Waals surface area contributed by atoms with Gasteiger partial charge in [-0.25, -0.2) is 14.4 Å². The molecule has 2 aromatic rings. The van der Waals surface area contributed by atoms with Crippen LogP contribution in [0.1, 0.15) is 49.9 Å². The topological polar surface area (TPSA) is 128 Å². The fourth-order valence-electron chi connectivity index (χ4n) is 3.32. The van der Waals surface area contributed by atoms with Crippen molar-refractivity contribution in [2.45, 2.75) is 57.7 Å². The van der Waals surface area contributed by atoms with Crippen molar-refractivity contribution in [3.05, 3.63) is 35.8 Å². The second-order valence-corrected chi connectivity index (χ2v) is 7.45. The van der Waals surface area contributed by atoms with Crippen LogP contribution in [0.2, 0.25) is 0 Å². The summed E-state index contributed by atoms with van der Waals surface area (Å²) in [4.78, 5) is 20.3. The van der Waals surface area contributed by atoms with Crippen molar-refractivity contribution in [2.75, 3.05) is 10.6 Å². The number of nitrogens with two attached hydrogens (primary N) is 2. The van der Waals surface area contributed by atoms with E-state index >= 15 is 0 Å². The Morgan fingerprint density at radius 1 is 1.28 bits per heavy atom. The first-order chi connectivity index (χ1) is 13.8. The number of primary amides is 1. The van der Waals surface area contributed by atoms with E-state index in [4.69, 9.17) is 16.2 Å². The molecule has 3 rings (SSSR count). The van der Waals surface area contributed by atoms with Gasteiger partial charge < -0.3 is 26.8 Å². The Bertz CT molecular complexity index is 876. The van der Waals surface area contributed by atoms with E-state index in [2.05, 4.69) is 20.6 Å². The second kappa shape index (κ2) is 9.04. The fourth-order valence-corrected chi connectivity index (χ4v) is 3.32. The number of pyridine rings is 2. The molecule has 0 spiro atoms. The van der Waals surface area contributed by atoms with Gasteiger partial charge in [-0.05, 0) is 38.8 Å². The molecule has 0 aromatic carbocycles. The van der Waals surface area contributed by atoms with E-state index in [9.17, 15) is 9.18 Å². The van der Waals surface area contributed by atoms with Gasteiger partial charge in [-0.1, -0.05) is 12.8 Å². The number of anilines is 3. The lowest BCUT2D eigenvalue weighted by Crippen LogP contribution is -2.43. The van der Waals surface area contributed by atoms with E-state index in [1.54, 1.807) is 18.3 Å². The van der Waals surface area contributed by atoms with Crippen LogP contribution in [-0.4, -0.2) is 34.1 Å². The van der Waals surface area contributed by atoms with Crippen LogP contribution in [0.25, 0.3) is 0 Å². The van der Waals surface area contributed by atoms with E-state index in [1.165, 1.54) is 0 Å². The van der Waals surface area contributed by atoms with Gasteiger partial charge in [-0.15, -0.1) is 0 Å². The molecular weight excluding hydrogens is 375 g/mol. The zero-order chi connectivity index (χ0) is 21.0. The molecule has 2 aromatic heterocycles. The number of amides is 1. The summed E-state index contributed by atoms with van der Waals surface area (Å²) in [5.74, 6) is -0.840. The number of nitrogens with zero attached hydrogens (tertiary/aromatic N) is 2. The first kappa shape index (κ1) is 20.8. The van der Waals surface area contributed by atoms with E-state index < -0.39 is 11.7 Å². The number of hydrogen-bond acceptors (Lipinski definition) is 7. The second-order valence-electron chi connectivity index (χ2n) is 7.45. The largest absolute Gasteiger partial charge is 0.475 e. The van der Waals surface area contributed by atoms with Gasteiger partial charge in [0.1, 0.15) is 5.82 Å². The van der Waals surface area contributed by atoms with Gasteiger partial charge in [0.05, 0.1) is 11.7 Å². The lowest BCUT2D eigenvalue weighted by molar-refractivity contribution is 0.100. The van der Waals surface area contributed by atoms with Crippen molar-refractivity contribution >= 4 is 23.2 Å². The van der Waals surface area contributed by atoms with E-state index in [-0.39, 0.29) is 35.4 Å². The summed E-state index contributed by atoms with van der Waals surface area (Å²) in [6.45, 7) is 3.78.